The maximum atomic E-state index is 6.51. The molecule has 1 heterocycles. The van der Waals surface area contributed by atoms with Crippen LogP contribution in [0.3, 0.4) is 0 Å². The molecule has 2 N–H and O–H groups in total. The number of rotatable bonds is 3. The van der Waals surface area contributed by atoms with Crippen LogP contribution in [0.1, 0.15) is 55.7 Å². The van der Waals surface area contributed by atoms with Crippen molar-refractivity contribution in [1.29, 1.82) is 0 Å². The van der Waals surface area contributed by atoms with Crippen LogP contribution in [-0.2, 0) is 5.54 Å². The van der Waals surface area contributed by atoms with Gasteiger partial charge in [0, 0.05) is 23.3 Å². The Morgan fingerprint density at radius 2 is 1.75 bits per heavy atom. The van der Waals surface area contributed by atoms with Gasteiger partial charge in [-0.25, -0.2) is 4.68 Å². The Hall–Kier alpha value is -1.61. The van der Waals surface area contributed by atoms with Gasteiger partial charge in [-0.2, -0.15) is 5.10 Å². The fraction of sp³-hybridized carbons (Fsp3) is 0.471. The van der Waals surface area contributed by atoms with E-state index in [9.17, 15) is 0 Å². The molecule has 2 fully saturated rings. The van der Waals surface area contributed by atoms with Crippen molar-refractivity contribution in [1.82, 2.24) is 9.78 Å². The molecule has 20 heavy (non-hydrogen) atoms. The summed E-state index contributed by atoms with van der Waals surface area (Å²) < 4.78 is 2.08. The minimum atomic E-state index is -0.0953. The van der Waals surface area contributed by atoms with Crippen LogP contribution in [0.25, 0.3) is 5.69 Å². The Kier molecular flexibility index (Phi) is 2.71. The van der Waals surface area contributed by atoms with Crippen molar-refractivity contribution in [3.05, 3.63) is 47.8 Å². The average molecular weight is 267 g/mol. The second kappa shape index (κ2) is 4.45. The molecular weight excluding hydrogens is 246 g/mol. The van der Waals surface area contributed by atoms with Gasteiger partial charge in [-0.05, 0) is 49.4 Å². The molecule has 1 aromatic heterocycles. The monoisotopic (exact) mass is 267 g/mol. The SMILES string of the molecule is NC1(c2ccc(-n3nccc3C3CC3)cc2)CCCC1. The molecule has 0 unspecified atom stereocenters. The van der Waals surface area contributed by atoms with Crippen molar-refractivity contribution in [3.63, 3.8) is 0 Å². The number of aromatic nitrogens is 2. The van der Waals surface area contributed by atoms with Gasteiger partial charge in [0.1, 0.15) is 0 Å². The van der Waals surface area contributed by atoms with E-state index in [4.69, 9.17) is 5.73 Å². The first kappa shape index (κ1) is 12.2. The van der Waals surface area contributed by atoms with Crippen LogP contribution in [0, 0.1) is 0 Å². The highest BCUT2D eigenvalue weighted by Crippen LogP contribution is 2.41. The third-order valence-electron chi connectivity index (χ3n) is 4.85. The van der Waals surface area contributed by atoms with Crippen LogP contribution in [0.2, 0.25) is 0 Å². The van der Waals surface area contributed by atoms with Crippen LogP contribution in [0.4, 0.5) is 0 Å². The van der Waals surface area contributed by atoms with Gasteiger partial charge in [-0.1, -0.05) is 25.0 Å². The van der Waals surface area contributed by atoms with Crippen molar-refractivity contribution in [3.8, 4) is 5.69 Å². The molecule has 2 aliphatic rings. The van der Waals surface area contributed by atoms with E-state index in [1.54, 1.807) is 0 Å². The van der Waals surface area contributed by atoms with E-state index in [1.807, 2.05) is 6.20 Å². The summed E-state index contributed by atoms with van der Waals surface area (Å²) in [6, 6.07) is 10.9. The van der Waals surface area contributed by atoms with Gasteiger partial charge in [0.15, 0.2) is 0 Å². The quantitative estimate of drug-likeness (QED) is 0.925. The Morgan fingerprint density at radius 3 is 2.40 bits per heavy atom. The summed E-state index contributed by atoms with van der Waals surface area (Å²) in [5.74, 6) is 0.716. The number of nitrogens with zero attached hydrogens (tertiary/aromatic N) is 2. The lowest BCUT2D eigenvalue weighted by Crippen LogP contribution is -2.32. The molecule has 0 saturated heterocycles. The standard InChI is InChI=1S/C17H21N3/c18-17(10-1-2-11-17)14-5-7-15(8-6-14)20-16(9-12-19-20)13-3-4-13/h5-9,12-13H,1-4,10-11,18H2. The molecular formula is C17H21N3. The van der Waals surface area contributed by atoms with Gasteiger partial charge < -0.3 is 5.73 Å². The second-order valence-corrected chi connectivity index (χ2v) is 6.35. The lowest BCUT2D eigenvalue weighted by molar-refractivity contribution is 0.461. The summed E-state index contributed by atoms with van der Waals surface area (Å²) in [5.41, 5.74) is 10.2. The first-order valence-corrected chi connectivity index (χ1v) is 7.70. The first-order chi connectivity index (χ1) is 9.76. The number of hydrogen-bond acceptors (Lipinski definition) is 2. The molecule has 0 spiro atoms. The zero-order valence-corrected chi connectivity index (χ0v) is 11.8. The van der Waals surface area contributed by atoms with E-state index < -0.39 is 0 Å². The van der Waals surface area contributed by atoms with E-state index in [0.717, 1.165) is 18.5 Å². The van der Waals surface area contributed by atoms with Crippen LogP contribution >= 0.6 is 0 Å². The summed E-state index contributed by atoms with van der Waals surface area (Å²) in [4.78, 5) is 0. The minimum absolute atomic E-state index is 0.0953. The van der Waals surface area contributed by atoms with Crippen LogP contribution in [-0.4, -0.2) is 9.78 Å². The Bertz CT molecular complexity index is 601. The molecule has 3 heteroatoms. The van der Waals surface area contributed by atoms with E-state index in [0.29, 0.717) is 5.92 Å². The van der Waals surface area contributed by atoms with Gasteiger partial charge in [-0.15, -0.1) is 0 Å². The molecule has 0 radical (unpaired) electrons. The predicted molar refractivity (Wildman–Crippen MR) is 79.9 cm³/mol. The van der Waals surface area contributed by atoms with Crippen LogP contribution < -0.4 is 5.73 Å². The van der Waals surface area contributed by atoms with Crippen molar-refractivity contribution < 1.29 is 0 Å². The topological polar surface area (TPSA) is 43.8 Å². The summed E-state index contributed by atoms with van der Waals surface area (Å²) in [6.07, 6.45) is 9.24. The number of benzene rings is 1. The van der Waals surface area contributed by atoms with Crippen molar-refractivity contribution >= 4 is 0 Å². The van der Waals surface area contributed by atoms with E-state index in [1.165, 1.54) is 36.9 Å². The zero-order valence-electron chi connectivity index (χ0n) is 11.8. The van der Waals surface area contributed by atoms with Gasteiger partial charge in [0.05, 0.1) is 5.69 Å². The second-order valence-electron chi connectivity index (χ2n) is 6.35. The average Bonchev–Trinajstić information content (AvgIpc) is 3.03. The summed E-state index contributed by atoms with van der Waals surface area (Å²) in [6.45, 7) is 0. The smallest absolute Gasteiger partial charge is 0.0649 e. The third-order valence-corrected chi connectivity index (χ3v) is 4.85. The summed E-state index contributed by atoms with van der Waals surface area (Å²) >= 11 is 0. The molecule has 2 saturated carbocycles. The molecule has 2 aliphatic carbocycles. The largest absolute Gasteiger partial charge is 0.321 e. The fourth-order valence-electron chi connectivity index (χ4n) is 3.45. The number of nitrogens with two attached hydrogens (primary N) is 1. The highest BCUT2D eigenvalue weighted by Gasteiger charge is 2.31. The molecule has 3 nitrogen and oxygen atoms in total. The van der Waals surface area contributed by atoms with E-state index in [2.05, 4.69) is 40.1 Å². The molecule has 0 bridgehead atoms. The lowest BCUT2D eigenvalue weighted by Gasteiger charge is -2.24. The minimum Gasteiger partial charge on any atom is -0.321 e. The molecule has 2 aromatic rings. The normalized spacial score (nSPS) is 21.2. The Morgan fingerprint density at radius 1 is 1.05 bits per heavy atom. The number of hydrogen-bond donors (Lipinski definition) is 1. The predicted octanol–water partition coefficient (Wildman–Crippen LogP) is 3.48. The maximum absolute atomic E-state index is 6.51. The van der Waals surface area contributed by atoms with E-state index in [-0.39, 0.29) is 5.54 Å². The van der Waals surface area contributed by atoms with E-state index >= 15 is 0 Å². The van der Waals surface area contributed by atoms with Gasteiger partial charge in [-0.3, -0.25) is 0 Å². The van der Waals surface area contributed by atoms with Gasteiger partial charge in [0.25, 0.3) is 0 Å². The molecule has 4 rings (SSSR count). The zero-order chi connectivity index (χ0) is 13.6. The molecule has 0 atom stereocenters. The van der Waals surface area contributed by atoms with Crippen LogP contribution in [0.15, 0.2) is 36.5 Å². The lowest BCUT2D eigenvalue weighted by atomic mass is 9.89. The van der Waals surface area contributed by atoms with Crippen LogP contribution in [0.5, 0.6) is 0 Å². The maximum Gasteiger partial charge on any atom is 0.0649 e. The first-order valence-electron chi connectivity index (χ1n) is 7.70. The Labute approximate surface area is 119 Å². The van der Waals surface area contributed by atoms with Crippen molar-refractivity contribution in [2.24, 2.45) is 5.73 Å². The fourth-order valence-corrected chi connectivity index (χ4v) is 3.45. The van der Waals surface area contributed by atoms with Crippen molar-refractivity contribution in [2.45, 2.75) is 50.0 Å². The highest BCUT2D eigenvalue weighted by atomic mass is 15.3. The summed E-state index contributed by atoms with van der Waals surface area (Å²) in [7, 11) is 0. The Balaban J connectivity index is 1.65. The molecule has 104 valence electrons. The molecule has 1 aromatic carbocycles. The van der Waals surface area contributed by atoms with Gasteiger partial charge >= 0.3 is 0 Å². The summed E-state index contributed by atoms with van der Waals surface area (Å²) in [5, 5.41) is 4.48. The molecule has 0 amide bonds. The molecule has 0 aliphatic heterocycles. The highest BCUT2D eigenvalue weighted by molar-refractivity contribution is 5.39. The third kappa shape index (κ3) is 1.97. The van der Waals surface area contributed by atoms with Crippen molar-refractivity contribution in [2.75, 3.05) is 0 Å². The van der Waals surface area contributed by atoms with Gasteiger partial charge in [0.2, 0.25) is 0 Å².